The van der Waals surface area contributed by atoms with Gasteiger partial charge in [-0.15, -0.1) is 0 Å². The van der Waals surface area contributed by atoms with E-state index in [9.17, 15) is 9.59 Å². The number of rotatable bonds is 5. The van der Waals surface area contributed by atoms with E-state index in [4.69, 9.17) is 16.3 Å². The van der Waals surface area contributed by atoms with E-state index >= 15 is 0 Å². The number of hydrogen-bond donors (Lipinski definition) is 1. The zero-order chi connectivity index (χ0) is 20.1. The van der Waals surface area contributed by atoms with E-state index in [2.05, 4.69) is 10.3 Å². The predicted octanol–water partition coefficient (Wildman–Crippen LogP) is 4.33. The number of nitrogens with one attached hydrogen (secondary N) is 1. The number of amides is 2. The molecule has 2 amide bonds. The topological polar surface area (TPSA) is 71.0 Å². The van der Waals surface area contributed by atoms with Crippen LogP contribution in [0.25, 0.3) is 0 Å². The smallest absolute Gasteiger partial charge is 0.238 e. The van der Waals surface area contributed by atoms with Crippen LogP contribution < -0.4 is 10.1 Å². The number of anilines is 1. The fraction of sp³-hybridized carbons (Fsp3) is 0.250. The number of halogens is 1. The highest BCUT2D eigenvalue weighted by molar-refractivity contribution is 8.15. The molecule has 146 valence electrons. The van der Waals surface area contributed by atoms with Crippen LogP contribution in [-0.4, -0.2) is 40.8 Å². The summed E-state index contributed by atoms with van der Waals surface area (Å²) in [5.74, 6) is 0.194. The largest absolute Gasteiger partial charge is 0.495 e. The Bertz CT molecular complexity index is 905. The molecule has 0 aliphatic carbocycles. The SMILES string of the molecule is CCN1C(=O)CC(C(=O)Nc2ccccc2)SC1=Nc1ccc(OC)c(Cl)c1. The second kappa shape index (κ2) is 9.12. The molecule has 6 nitrogen and oxygen atoms in total. The molecular formula is C20H20ClN3O3S. The van der Waals surface area contributed by atoms with Crippen LogP contribution in [0.3, 0.4) is 0 Å². The van der Waals surface area contributed by atoms with Gasteiger partial charge in [0.25, 0.3) is 0 Å². The van der Waals surface area contributed by atoms with Crippen LogP contribution in [-0.2, 0) is 9.59 Å². The van der Waals surface area contributed by atoms with Gasteiger partial charge in [-0.1, -0.05) is 41.6 Å². The number of methoxy groups -OCH3 is 1. The Hall–Kier alpha value is -2.51. The zero-order valence-electron chi connectivity index (χ0n) is 15.5. The summed E-state index contributed by atoms with van der Waals surface area (Å²) in [5.41, 5.74) is 1.28. The maximum atomic E-state index is 12.6. The summed E-state index contributed by atoms with van der Waals surface area (Å²) in [7, 11) is 1.54. The minimum atomic E-state index is -0.553. The minimum Gasteiger partial charge on any atom is -0.495 e. The molecule has 1 N–H and O–H groups in total. The molecule has 3 rings (SSSR count). The van der Waals surface area contributed by atoms with E-state index in [0.717, 1.165) is 0 Å². The lowest BCUT2D eigenvalue weighted by Crippen LogP contribution is -2.45. The van der Waals surface area contributed by atoms with Gasteiger partial charge in [-0.25, -0.2) is 4.99 Å². The number of amidine groups is 1. The number of thioether (sulfide) groups is 1. The summed E-state index contributed by atoms with van der Waals surface area (Å²) in [6, 6.07) is 14.3. The number of aliphatic imine (C=N–C) groups is 1. The lowest BCUT2D eigenvalue weighted by molar-refractivity contribution is -0.129. The lowest BCUT2D eigenvalue weighted by atomic mass is 10.2. The van der Waals surface area contributed by atoms with Crippen LogP contribution in [0.5, 0.6) is 5.75 Å². The quantitative estimate of drug-likeness (QED) is 0.786. The Kier molecular flexibility index (Phi) is 6.59. The summed E-state index contributed by atoms with van der Waals surface area (Å²) >= 11 is 7.44. The summed E-state index contributed by atoms with van der Waals surface area (Å²) in [6.45, 7) is 2.35. The fourth-order valence-electron chi connectivity index (χ4n) is 2.73. The Morgan fingerprint density at radius 2 is 2.07 bits per heavy atom. The molecule has 1 atom stereocenters. The average molecular weight is 418 g/mol. The molecule has 2 aromatic rings. The second-order valence-electron chi connectivity index (χ2n) is 6.02. The summed E-state index contributed by atoms with van der Waals surface area (Å²) < 4.78 is 5.15. The Labute approximate surface area is 172 Å². The van der Waals surface area contributed by atoms with Gasteiger partial charge in [0.05, 0.1) is 17.8 Å². The van der Waals surface area contributed by atoms with E-state index < -0.39 is 5.25 Å². The molecule has 1 fully saturated rings. The molecule has 1 aliphatic heterocycles. The summed E-state index contributed by atoms with van der Waals surface area (Å²) in [6.07, 6.45) is 0.125. The normalized spacial score (nSPS) is 18.2. The maximum Gasteiger partial charge on any atom is 0.238 e. The first-order valence-electron chi connectivity index (χ1n) is 8.77. The number of carbonyl (C=O) groups excluding carboxylic acids is 2. The number of para-hydroxylation sites is 1. The molecule has 2 aromatic carbocycles. The van der Waals surface area contributed by atoms with Crippen LogP contribution in [0.2, 0.25) is 5.02 Å². The van der Waals surface area contributed by atoms with Gasteiger partial charge in [0.1, 0.15) is 11.0 Å². The zero-order valence-corrected chi connectivity index (χ0v) is 17.1. The first-order valence-corrected chi connectivity index (χ1v) is 10.0. The van der Waals surface area contributed by atoms with Gasteiger partial charge >= 0.3 is 0 Å². The number of nitrogens with zero attached hydrogens (tertiary/aromatic N) is 2. The molecule has 1 heterocycles. The van der Waals surface area contributed by atoms with Crippen LogP contribution in [0.15, 0.2) is 53.5 Å². The van der Waals surface area contributed by atoms with Crippen molar-refractivity contribution >= 4 is 51.7 Å². The minimum absolute atomic E-state index is 0.125. The van der Waals surface area contributed by atoms with Crippen molar-refractivity contribution in [3.63, 3.8) is 0 Å². The standard InChI is InChI=1S/C20H20ClN3O3S/c1-3-24-18(25)12-17(19(26)22-13-7-5-4-6-8-13)28-20(24)23-14-9-10-16(27-2)15(21)11-14/h4-11,17H,3,12H2,1-2H3,(H,22,26). The molecule has 0 radical (unpaired) electrons. The maximum absolute atomic E-state index is 12.6. The van der Waals surface area contributed by atoms with Crippen molar-refractivity contribution in [3.05, 3.63) is 53.6 Å². The second-order valence-corrected chi connectivity index (χ2v) is 7.59. The highest BCUT2D eigenvalue weighted by Crippen LogP contribution is 2.32. The van der Waals surface area contributed by atoms with Crippen LogP contribution in [0.4, 0.5) is 11.4 Å². The highest BCUT2D eigenvalue weighted by atomic mass is 35.5. The van der Waals surface area contributed by atoms with E-state index in [1.165, 1.54) is 18.9 Å². The molecule has 0 saturated carbocycles. The molecule has 1 unspecified atom stereocenters. The lowest BCUT2D eigenvalue weighted by Gasteiger charge is -2.30. The molecule has 0 bridgehead atoms. The number of hydrogen-bond acceptors (Lipinski definition) is 5. The average Bonchev–Trinajstić information content (AvgIpc) is 2.68. The van der Waals surface area contributed by atoms with Gasteiger partial charge in [0.2, 0.25) is 11.8 Å². The molecular weight excluding hydrogens is 398 g/mol. The Morgan fingerprint density at radius 3 is 2.71 bits per heavy atom. The van der Waals surface area contributed by atoms with Crippen molar-refractivity contribution in [2.75, 3.05) is 19.0 Å². The summed E-state index contributed by atoms with van der Waals surface area (Å²) in [5, 5.41) is 3.21. The van der Waals surface area contributed by atoms with Gasteiger partial charge in [0, 0.05) is 18.7 Å². The van der Waals surface area contributed by atoms with E-state index in [-0.39, 0.29) is 18.2 Å². The molecule has 8 heteroatoms. The van der Waals surface area contributed by atoms with Crippen LogP contribution in [0.1, 0.15) is 13.3 Å². The van der Waals surface area contributed by atoms with Crippen molar-refractivity contribution < 1.29 is 14.3 Å². The van der Waals surface area contributed by atoms with Gasteiger partial charge in [0.15, 0.2) is 5.17 Å². The van der Waals surface area contributed by atoms with E-state index in [1.807, 2.05) is 25.1 Å². The van der Waals surface area contributed by atoms with Crippen molar-refractivity contribution in [1.29, 1.82) is 0 Å². The van der Waals surface area contributed by atoms with Crippen molar-refractivity contribution in [3.8, 4) is 5.75 Å². The molecule has 0 spiro atoms. The third-order valence-corrected chi connectivity index (χ3v) is 5.63. The number of benzene rings is 2. The third-order valence-electron chi connectivity index (χ3n) is 4.15. The van der Waals surface area contributed by atoms with Crippen molar-refractivity contribution in [1.82, 2.24) is 4.90 Å². The van der Waals surface area contributed by atoms with Crippen molar-refractivity contribution in [2.24, 2.45) is 4.99 Å². The van der Waals surface area contributed by atoms with Gasteiger partial charge in [-0.3, -0.25) is 14.5 Å². The highest BCUT2D eigenvalue weighted by Gasteiger charge is 2.35. The molecule has 1 saturated heterocycles. The first-order chi connectivity index (χ1) is 13.5. The Balaban J connectivity index is 1.83. The van der Waals surface area contributed by atoms with E-state index in [0.29, 0.717) is 33.9 Å². The van der Waals surface area contributed by atoms with Gasteiger partial charge < -0.3 is 10.1 Å². The van der Waals surface area contributed by atoms with Gasteiger partial charge in [-0.05, 0) is 37.3 Å². The molecule has 0 aromatic heterocycles. The van der Waals surface area contributed by atoms with Crippen molar-refractivity contribution in [2.45, 2.75) is 18.6 Å². The number of ether oxygens (including phenoxy) is 1. The van der Waals surface area contributed by atoms with E-state index in [1.54, 1.807) is 35.2 Å². The molecule has 28 heavy (non-hydrogen) atoms. The number of carbonyl (C=O) groups is 2. The van der Waals surface area contributed by atoms with Gasteiger partial charge in [-0.2, -0.15) is 0 Å². The van der Waals surface area contributed by atoms with Crippen LogP contribution in [0, 0.1) is 0 Å². The summed E-state index contributed by atoms with van der Waals surface area (Å²) in [4.78, 5) is 31.4. The first kappa shape index (κ1) is 20.2. The fourth-order valence-corrected chi connectivity index (χ4v) is 4.15. The van der Waals surface area contributed by atoms with Crippen LogP contribution >= 0.6 is 23.4 Å². The third kappa shape index (κ3) is 4.66. The Morgan fingerprint density at radius 1 is 1.32 bits per heavy atom. The predicted molar refractivity (Wildman–Crippen MR) is 114 cm³/mol. The molecule has 1 aliphatic rings. The monoisotopic (exact) mass is 417 g/mol.